The van der Waals surface area contributed by atoms with Gasteiger partial charge in [-0.15, -0.1) is 0 Å². The molecule has 0 radical (unpaired) electrons. The fraction of sp³-hybridized carbons (Fsp3) is 0.364. The topological polar surface area (TPSA) is 43.3 Å². The molecule has 2 N–H and O–H groups in total. The molecule has 74 valence electrons. The predicted molar refractivity (Wildman–Crippen MR) is 57.4 cm³/mol. The summed E-state index contributed by atoms with van der Waals surface area (Å²) in [7, 11) is 0. The highest BCUT2D eigenvalue weighted by Gasteiger charge is 2.08. The number of hydrogen-bond acceptors (Lipinski definition) is 2. The van der Waals surface area contributed by atoms with E-state index in [0.717, 1.165) is 17.8 Å². The van der Waals surface area contributed by atoms with E-state index in [1.165, 1.54) is 11.3 Å². The molecule has 3 heteroatoms. The molecule has 0 amide bonds. The average Bonchev–Trinajstić information content (AvgIpc) is 2.47. The summed E-state index contributed by atoms with van der Waals surface area (Å²) in [6.07, 6.45) is 2.93. The minimum Gasteiger partial charge on any atom is -0.330 e. The van der Waals surface area contributed by atoms with Crippen molar-refractivity contribution >= 4 is 5.65 Å². The van der Waals surface area contributed by atoms with Crippen LogP contribution in [0.4, 0.5) is 0 Å². The molecule has 0 fully saturated rings. The van der Waals surface area contributed by atoms with E-state index in [1.807, 2.05) is 19.2 Å². The Bertz CT molecular complexity index is 457. The largest absolute Gasteiger partial charge is 0.330 e. The molecule has 2 aromatic rings. The fourth-order valence-corrected chi connectivity index (χ4v) is 1.80. The number of fused-ring (bicyclic) bond motifs is 1. The third kappa shape index (κ3) is 1.30. The van der Waals surface area contributed by atoms with E-state index in [9.17, 15) is 0 Å². The lowest BCUT2D eigenvalue weighted by molar-refractivity contribution is 0.892. The fourth-order valence-electron chi connectivity index (χ4n) is 1.80. The van der Waals surface area contributed by atoms with E-state index < -0.39 is 0 Å². The monoisotopic (exact) mass is 189 g/mol. The first-order valence-corrected chi connectivity index (χ1v) is 4.87. The Labute approximate surface area is 83.6 Å². The Kier molecular flexibility index (Phi) is 2.25. The Morgan fingerprint density at radius 2 is 2.21 bits per heavy atom. The molecular formula is C11H15N3. The van der Waals surface area contributed by atoms with Gasteiger partial charge < -0.3 is 10.1 Å². The summed E-state index contributed by atoms with van der Waals surface area (Å²) in [6, 6.07) is 4.12. The summed E-state index contributed by atoms with van der Waals surface area (Å²) < 4.78 is 2.14. The van der Waals surface area contributed by atoms with Gasteiger partial charge in [-0.2, -0.15) is 0 Å². The summed E-state index contributed by atoms with van der Waals surface area (Å²) >= 11 is 0. The zero-order valence-corrected chi connectivity index (χ0v) is 8.62. The van der Waals surface area contributed by atoms with Gasteiger partial charge in [0, 0.05) is 18.3 Å². The minimum atomic E-state index is 0.669. The lowest BCUT2D eigenvalue weighted by Gasteiger charge is -2.01. The number of aryl methyl sites for hydroxylation is 2. The summed E-state index contributed by atoms with van der Waals surface area (Å²) in [5, 5.41) is 0. The van der Waals surface area contributed by atoms with Crippen molar-refractivity contribution in [3.05, 3.63) is 35.3 Å². The minimum absolute atomic E-state index is 0.669. The summed E-state index contributed by atoms with van der Waals surface area (Å²) in [5.74, 6) is 0. The molecule has 14 heavy (non-hydrogen) atoms. The van der Waals surface area contributed by atoms with E-state index in [2.05, 4.69) is 22.4 Å². The van der Waals surface area contributed by atoms with Gasteiger partial charge in [0.05, 0.1) is 5.69 Å². The van der Waals surface area contributed by atoms with Gasteiger partial charge in [0.2, 0.25) is 0 Å². The highest BCUT2D eigenvalue weighted by atomic mass is 15.0. The van der Waals surface area contributed by atoms with Crippen molar-refractivity contribution in [2.24, 2.45) is 5.73 Å². The van der Waals surface area contributed by atoms with Crippen molar-refractivity contribution < 1.29 is 0 Å². The zero-order valence-electron chi connectivity index (χ0n) is 8.62. The smallest absolute Gasteiger partial charge is 0.140 e. The predicted octanol–water partition coefficient (Wildman–Crippen LogP) is 1.45. The maximum atomic E-state index is 5.58. The molecule has 0 saturated heterocycles. The Morgan fingerprint density at radius 3 is 2.93 bits per heavy atom. The van der Waals surface area contributed by atoms with E-state index in [0.29, 0.717) is 6.54 Å². The number of imidazole rings is 1. The second-order valence-corrected chi connectivity index (χ2v) is 3.57. The van der Waals surface area contributed by atoms with Crippen molar-refractivity contribution in [3.63, 3.8) is 0 Å². The van der Waals surface area contributed by atoms with Gasteiger partial charge in [-0.1, -0.05) is 6.07 Å². The lowest BCUT2D eigenvalue weighted by atomic mass is 10.2. The number of nitrogens with zero attached hydrogens (tertiary/aromatic N) is 2. The third-order valence-corrected chi connectivity index (χ3v) is 2.53. The van der Waals surface area contributed by atoms with Gasteiger partial charge in [-0.05, 0) is 32.0 Å². The van der Waals surface area contributed by atoms with Gasteiger partial charge in [0.15, 0.2) is 0 Å². The molecule has 2 heterocycles. The molecule has 0 spiro atoms. The molecule has 2 rings (SSSR count). The number of hydrogen-bond donors (Lipinski definition) is 1. The standard InChI is InChI=1S/C11H15N3/c1-8-4-3-7-14-10(5-6-12)9(2)13-11(8)14/h3-4,7H,5-6,12H2,1-2H3. The molecule has 0 unspecified atom stereocenters. The van der Waals surface area contributed by atoms with Crippen LogP contribution in [0.5, 0.6) is 0 Å². The van der Waals surface area contributed by atoms with Crippen LogP contribution in [0.25, 0.3) is 5.65 Å². The molecule has 0 aliphatic carbocycles. The molecule has 3 nitrogen and oxygen atoms in total. The highest BCUT2D eigenvalue weighted by molar-refractivity contribution is 5.50. The van der Waals surface area contributed by atoms with Crippen molar-refractivity contribution in [1.82, 2.24) is 9.38 Å². The van der Waals surface area contributed by atoms with E-state index in [1.54, 1.807) is 0 Å². The third-order valence-electron chi connectivity index (χ3n) is 2.53. The van der Waals surface area contributed by atoms with Gasteiger partial charge in [0.25, 0.3) is 0 Å². The Hall–Kier alpha value is -1.35. The summed E-state index contributed by atoms with van der Waals surface area (Å²) in [4.78, 5) is 4.54. The maximum Gasteiger partial charge on any atom is 0.140 e. The van der Waals surface area contributed by atoms with Crippen LogP contribution in [0, 0.1) is 13.8 Å². The van der Waals surface area contributed by atoms with Gasteiger partial charge in [0.1, 0.15) is 5.65 Å². The first-order chi connectivity index (χ1) is 6.74. The Morgan fingerprint density at radius 1 is 1.43 bits per heavy atom. The van der Waals surface area contributed by atoms with E-state index in [-0.39, 0.29) is 0 Å². The second kappa shape index (κ2) is 3.42. The first kappa shape index (κ1) is 9.21. The van der Waals surface area contributed by atoms with Crippen LogP contribution in [0.1, 0.15) is 17.0 Å². The van der Waals surface area contributed by atoms with E-state index >= 15 is 0 Å². The molecule has 0 aliphatic heterocycles. The van der Waals surface area contributed by atoms with Crippen LogP contribution in [-0.4, -0.2) is 15.9 Å². The zero-order chi connectivity index (χ0) is 10.1. The van der Waals surface area contributed by atoms with Crippen LogP contribution < -0.4 is 5.73 Å². The van der Waals surface area contributed by atoms with Crippen LogP contribution >= 0.6 is 0 Å². The van der Waals surface area contributed by atoms with Gasteiger partial charge in [-0.25, -0.2) is 4.98 Å². The maximum absolute atomic E-state index is 5.58. The molecule has 0 atom stereocenters. The van der Waals surface area contributed by atoms with Crippen LogP contribution in [0.15, 0.2) is 18.3 Å². The number of rotatable bonds is 2. The number of pyridine rings is 1. The molecule has 2 aromatic heterocycles. The lowest BCUT2D eigenvalue weighted by Crippen LogP contribution is -2.06. The summed E-state index contributed by atoms with van der Waals surface area (Å²) in [6.45, 7) is 4.79. The first-order valence-electron chi connectivity index (χ1n) is 4.87. The SMILES string of the molecule is Cc1nc2c(C)cccn2c1CCN. The van der Waals surface area contributed by atoms with Crippen molar-refractivity contribution in [1.29, 1.82) is 0 Å². The van der Waals surface area contributed by atoms with Crippen molar-refractivity contribution in [2.45, 2.75) is 20.3 Å². The highest BCUT2D eigenvalue weighted by Crippen LogP contribution is 2.15. The van der Waals surface area contributed by atoms with Crippen LogP contribution in [0.2, 0.25) is 0 Å². The molecular weight excluding hydrogens is 174 g/mol. The van der Waals surface area contributed by atoms with Crippen LogP contribution in [0.3, 0.4) is 0 Å². The van der Waals surface area contributed by atoms with E-state index in [4.69, 9.17) is 5.73 Å². The van der Waals surface area contributed by atoms with Crippen molar-refractivity contribution in [2.75, 3.05) is 6.54 Å². The number of aromatic nitrogens is 2. The quantitative estimate of drug-likeness (QED) is 0.777. The molecule has 0 aromatic carbocycles. The molecule has 0 aliphatic rings. The second-order valence-electron chi connectivity index (χ2n) is 3.57. The molecule has 0 bridgehead atoms. The van der Waals surface area contributed by atoms with Gasteiger partial charge in [-0.3, -0.25) is 0 Å². The average molecular weight is 189 g/mol. The normalized spacial score (nSPS) is 11.1. The summed E-state index contributed by atoms with van der Waals surface area (Å²) in [5.41, 5.74) is 10.1. The van der Waals surface area contributed by atoms with Gasteiger partial charge >= 0.3 is 0 Å². The number of nitrogens with two attached hydrogens (primary N) is 1. The molecule has 0 saturated carbocycles. The van der Waals surface area contributed by atoms with Crippen LogP contribution in [-0.2, 0) is 6.42 Å². The van der Waals surface area contributed by atoms with Crippen molar-refractivity contribution in [3.8, 4) is 0 Å². The Balaban J connectivity index is 2.70.